The van der Waals surface area contributed by atoms with Gasteiger partial charge in [0.05, 0.1) is 0 Å². The Hall–Kier alpha value is -0.187. The van der Waals surface area contributed by atoms with Gasteiger partial charge < -0.3 is 0 Å². The summed E-state index contributed by atoms with van der Waals surface area (Å²) in [5.41, 5.74) is 0.590. The Bertz CT molecular complexity index is 205. The third-order valence-electron chi connectivity index (χ3n) is 0.830. The van der Waals surface area contributed by atoms with E-state index in [4.69, 9.17) is 5.26 Å². The van der Waals surface area contributed by atoms with E-state index < -0.39 is 0 Å². The molecule has 46 valence electrons. The molecule has 0 radical (unpaired) electrons. The first-order chi connectivity index (χ1) is 4.93. The predicted molar refractivity (Wildman–Crippen MR) is 38.9 cm³/mol. The Morgan fingerprint density at radius 1 is 1.50 bits per heavy atom. The second kappa shape index (κ2) is 6.93. The Balaban J connectivity index is 0.000000371. The number of rotatable bonds is 0. The fraction of sp³-hybridized carbons (Fsp3) is 0. The van der Waals surface area contributed by atoms with Crippen LogP contribution in [0.5, 0.6) is 0 Å². The zero-order valence-electron chi connectivity index (χ0n) is 5.34. The molecule has 0 spiro atoms. The molecule has 0 bridgehead atoms. The summed E-state index contributed by atoms with van der Waals surface area (Å²) in [6, 6.07) is 11.8. The van der Waals surface area contributed by atoms with Gasteiger partial charge in [-0.25, -0.2) is 0 Å². The van der Waals surface area contributed by atoms with Crippen LogP contribution in [0.15, 0.2) is 24.3 Å². The third-order valence-corrected chi connectivity index (χ3v) is 0.830. The molecular formula is C7H4BrNZn. The molecule has 0 saturated heterocycles. The quantitative estimate of drug-likeness (QED) is 0.509. The van der Waals surface area contributed by atoms with Crippen LogP contribution in [-0.2, 0) is 16.3 Å². The number of nitriles is 1. The van der Waals surface area contributed by atoms with Crippen LogP contribution >= 0.6 is 13.6 Å². The van der Waals surface area contributed by atoms with Crippen LogP contribution in [0, 0.1) is 17.4 Å². The molecule has 0 aliphatic carbocycles. The summed E-state index contributed by atoms with van der Waals surface area (Å²) >= 11 is 4.25. The summed E-state index contributed by atoms with van der Waals surface area (Å²) in [4.78, 5) is 0. The first-order valence-electron chi connectivity index (χ1n) is 2.57. The van der Waals surface area contributed by atoms with E-state index in [1.54, 1.807) is 12.1 Å². The molecule has 0 fully saturated rings. The number of hydrogen-bond acceptors (Lipinski definition) is 1. The average molecular weight is 247 g/mol. The predicted octanol–water partition coefficient (Wildman–Crippen LogP) is 2.20. The second-order valence-corrected chi connectivity index (χ2v) is 1.39. The van der Waals surface area contributed by atoms with E-state index in [0.29, 0.717) is 5.56 Å². The molecule has 1 aromatic carbocycles. The maximum atomic E-state index is 8.26. The molecule has 1 rings (SSSR count). The van der Waals surface area contributed by atoms with Crippen LogP contribution in [0.2, 0.25) is 0 Å². The van der Waals surface area contributed by atoms with Crippen LogP contribution in [0.3, 0.4) is 0 Å². The molecule has 0 aliphatic heterocycles. The van der Waals surface area contributed by atoms with E-state index in [2.05, 4.69) is 19.7 Å². The van der Waals surface area contributed by atoms with Crippen LogP contribution in [-0.4, -0.2) is 0 Å². The molecular weight excluding hydrogens is 243 g/mol. The summed E-state index contributed by atoms with van der Waals surface area (Å²) < 4.78 is 0. The van der Waals surface area contributed by atoms with E-state index in [1.807, 2.05) is 18.2 Å². The van der Waals surface area contributed by atoms with Gasteiger partial charge in [-0.3, -0.25) is 5.26 Å². The van der Waals surface area contributed by atoms with Crippen LogP contribution in [0.1, 0.15) is 5.56 Å². The zero-order chi connectivity index (χ0) is 7.82. The van der Waals surface area contributed by atoms with E-state index in [9.17, 15) is 0 Å². The Labute approximate surface area is 77.1 Å². The van der Waals surface area contributed by atoms with Crippen molar-refractivity contribution in [2.24, 2.45) is 0 Å². The molecule has 10 heavy (non-hydrogen) atoms. The average Bonchev–Trinajstić information content (AvgIpc) is 2.10. The number of nitrogens with zero attached hydrogens (tertiary/aromatic N) is 1. The van der Waals surface area contributed by atoms with E-state index in [1.165, 1.54) is 16.3 Å². The van der Waals surface area contributed by atoms with Gasteiger partial charge in [0.1, 0.15) is 0 Å². The van der Waals surface area contributed by atoms with Crippen molar-refractivity contribution in [2.75, 3.05) is 0 Å². The molecule has 0 saturated carbocycles. The Morgan fingerprint density at radius 3 is 2.50 bits per heavy atom. The molecule has 3 heteroatoms. The maximum absolute atomic E-state index is 8.26. The van der Waals surface area contributed by atoms with Gasteiger partial charge in [0.25, 0.3) is 0 Å². The van der Waals surface area contributed by atoms with Crippen molar-refractivity contribution in [3.8, 4) is 6.07 Å². The van der Waals surface area contributed by atoms with Crippen molar-refractivity contribution in [1.82, 2.24) is 0 Å². The van der Waals surface area contributed by atoms with E-state index >= 15 is 0 Å². The second-order valence-electron chi connectivity index (χ2n) is 1.39. The van der Waals surface area contributed by atoms with Gasteiger partial charge in [-0.15, -0.1) is 30.3 Å². The van der Waals surface area contributed by atoms with Crippen LogP contribution in [0.25, 0.3) is 0 Å². The van der Waals surface area contributed by atoms with Crippen molar-refractivity contribution in [3.63, 3.8) is 0 Å². The van der Waals surface area contributed by atoms with Crippen molar-refractivity contribution in [3.05, 3.63) is 35.9 Å². The molecule has 0 atom stereocenters. The first-order valence-corrected chi connectivity index (χ1v) is 9.52. The van der Waals surface area contributed by atoms with E-state index in [-0.39, 0.29) is 0 Å². The minimum absolute atomic E-state index is 0.590. The van der Waals surface area contributed by atoms with Crippen molar-refractivity contribution >= 4 is 13.6 Å². The fourth-order valence-electron chi connectivity index (χ4n) is 0.463. The normalized spacial score (nSPS) is 7.00. The van der Waals surface area contributed by atoms with Crippen molar-refractivity contribution in [2.45, 2.75) is 0 Å². The zero-order valence-corrected chi connectivity index (χ0v) is 9.89. The Kier molecular flexibility index (Phi) is 6.80. The molecule has 1 aromatic rings. The topological polar surface area (TPSA) is 23.8 Å². The SMILES string of the molecule is N#Cc1[c-]cccc1.[Zn+][Br]. The molecule has 0 aliphatic rings. The van der Waals surface area contributed by atoms with Gasteiger partial charge in [0, 0.05) is 0 Å². The Morgan fingerprint density at radius 2 is 2.20 bits per heavy atom. The minimum atomic E-state index is 0.590. The van der Waals surface area contributed by atoms with Gasteiger partial charge in [0.15, 0.2) is 0 Å². The summed E-state index contributed by atoms with van der Waals surface area (Å²) in [7, 11) is 0. The fourth-order valence-corrected chi connectivity index (χ4v) is 0.463. The molecule has 0 N–H and O–H groups in total. The summed E-state index contributed by atoms with van der Waals surface area (Å²) in [5, 5.41) is 8.26. The third kappa shape index (κ3) is 3.77. The van der Waals surface area contributed by atoms with Gasteiger partial charge >= 0.3 is 30.0 Å². The summed E-state index contributed by atoms with van der Waals surface area (Å²) in [5.74, 6) is 0. The molecule has 0 heterocycles. The van der Waals surface area contributed by atoms with Crippen molar-refractivity contribution in [1.29, 1.82) is 5.26 Å². The van der Waals surface area contributed by atoms with Gasteiger partial charge in [-0.05, 0) is 6.07 Å². The van der Waals surface area contributed by atoms with Crippen molar-refractivity contribution < 1.29 is 16.3 Å². The van der Waals surface area contributed by atoms with Crippen LogP contribution < -0.4 is 0 Å². The number of benzene rings is 1. The van der Waals surface area contributed by atoms with Gasteiger partial charge in [-0.2, -0.15) is 0 Å². The molecule has 0 amide bonds. The molecule has 0 aromatic heterocycles. The standard InChI is InChI=1S/C7H4N.BrH.Zn/c8-6-7-4-2-1-3-5-7;;/h1-4H;1H;/q-1;;+2/p-1. The monoisotopic (exact) mass is 245 g/mol. The number of halogens is 1. The van der Waals surface area contributed by atoms with Gasteiger partial charge in [-0.1, -0.05) is 5.56 Å². The van der Waals surface area contributed by atoms with Crippen LogP contribution in [0.4, 0.5) is 0 Å². The van der Waals surface area contributed by atoms with E-state index in [0.717, 1.165) is 0 Å². The molecule has 0 unspecified atom stereocenters. The van der Waals surface area contributed by atoms with Gasteiger partial charge in [0.2, 0.25) is 0 Å². The first kappa shape index (κ1) is 9.81. The summed E-state index contributed by atoms with van der Waals surface area (Å²) in [6.07, 6.45) is 0. The number of hydrogen-bond donors (Lipinski definition) is 0. The molecule has 1 nitrogen and oxygen atoms in total. The summed E-state index contributed by atoms with van der Waals surface area (Å²) in [6.45, 7) is 0.